The monoisotopic (exact) mass is 384 g/mol. The molecule has 144 valence electrons. The molecule has 3 aromatic carbocycles. The van der Waals surface area contributed by atoms with Gasteiger partial charge in [0.25, 0.3) is 11.8 Å². The van der Waals surface area contributed by atoms with E-state index in [0.717, 1.165) is 16.9 Å². The van der Waals surface area contributed by atoms with Crippen LogP contribution in [0.3, 0.4) is 0 Å². The second-order valence-electron chi connectivity index (χ2n) is 6.82. The van der Waals surface area contributed by atoms with Crippen molar-refractivity contribution in [3.05, 3.63) is 101 Å². The Morgan fingerprint density at radius 3 is 2.28 bits per heavy atom. The van der Waals surface area contributed by atoms with Gasteiger partial charge < -0.3 is 4.74 Å². The summed E-state index contributed by atoms with van der Waals surface area (Å²) in [4.78, 5) is 24.9. The number of hydrazine groups is 1. The fraction of sp³-hybridized carbons (Fsp3) is 0.0833. The molecule has 3 aromatic rings. The third-order valence-electron chi connectivity index (χ3n) is 4.62. The van der Waals surface area contributed by atoms with Crippen LogP contribution in [0.25, 0.3) is 6.08 Å². The number of carbonyl (C=O) groups excluding carboxylic acids is 2. The minimum absolute atomic E-state index is 0.0992. The molecule has 5 nitrogen and oxygen atoms in total. The molecule has 1 N–H and O–H groups in total. The van der Waals surface area contributed by atoms with Crippen LogP contribution in [-0.2, 0) is 16.2 Å². The molecule has 0 spiro atoms. The molecule has 29 heavy (non-hydrogen) atoms. The van der Waals surface area contributed by atoms with Gasteiger partial charge in [-0.1, -0.05) is 60.2 Å². The third-order valence-corrected chi connectivity index (χ3v) is 4.62. The summed E-state index contributed by atoms with van der Waals surface area (Å²) < 4.78 is 5.80. The van der Waals surface area contributed by atoms with Crippen LogP contribution in [0.15, 0.2) is 84.4 Å². The Hall–Kier alpha value is -3.86. The molecule has 5 heteroatoms. The van der Waals surface area contributed by atoms with Crippen LogP contribution < -0.4 is 15.2 Å². The van der Waals surface area contributed by atoms with Gasteiger partial charge in [-0.25, -0.2) is 5.01 Å². The van der Waals surface area contributed by atoms with Crippen LogP contribution in [0.4, 0.5) is 5.69 Å². The van der Waals surface area contributed by atoms with E-state index in [1.807, 2.05) is 61.5 Å². The maximum absolute atomic E-state index is 12.6. The zero-order chi connectivity index (χ0) is 20.2. The molecule has 1 aliphatic rings. The van der Waals surface area contributed by atoms with E-state index < -0.39 is 5.91 Å². The largest absolute Gasteiger partial charge is 0.489 e. The summed E-state index contributed by atoms with van der Waals surface area (Å²) in [6, 6.07) is 24.5. The number of carbonyl (C=O) groups is 2. The van der Waals surface area contributed by atoms with Crippen molar-refractivity contribution >= 4 is 23.6 Å². The average Bonchev–Trinajstić information content (AvgIpc) is 3.03. The highest BCUT2D eigenvalue weighted by molar-refractivity contribution is 6.31. The van der Waals surface area contributed by atoms with Crippen molar-refractivity contribution < 1.29 is 14.3 Å². The lowest BCUT2D eigenvalue weighted by Crippen LogP contribution is -2.35. The lowest BCUT2D eigenvalue weighted by Gasteiger charge is -2.13. The Morgan fingerprint density at radius 2 is 1.59 bits per heavy atom. The Labute approximate surface area is 169 Å². The number of nitrogens with one attached hydrogen (secondary N) is 1. The number of benzene rings is 3. The maximum atomic E-state index is 12.6. The van der Waals surface area contributed by atoms with Gasteiger partial charge >= 0.3 is 0 Å². The molecule has 1 saturated heterocycles. The quantitative estimate of drug-likeness (QED) is 0.534. The number of hydrogen-bond acceptors (Lipinski definition) is 3. The number of ether oxygens (including phenoxy) is 1. The standard InChI is InChI=1S/C24H20N2O3/c1-17-7-9-19(10-8-17)16-29-21-13-11-18(12-14-21)15-22-23(27)25-26(24(22)28)20-5-3-2-4-6-20/h2-15H,16H2,1H3,(H,25,27)/b22-15+. The molecule has 0 atom stereocenters. The van der Waals surface area contributed by atoms with Gasteiger partial charge in [-0.05, 0) is 48.4 Å². The second kappa shape index (κ2) is 8.02. The normalized spacial score (nSPS) is 14.9. The van der Waals surface area contributed by atoms with E-state index in [1.54, 1.807) is 18.2 Å². The Balaban J connectivity index is 1.45. The molecule has 1 aliphatic heterocycles. The first-order valence-corrected chi connectivity index (χ1v) is 9.31. The van der Waals surface area contributed by atoms with E-state index in [0.29, 0.717) is 12.3 Å². The number of anilines is 1. The highest BCUT2D eigenvalue weighted by Gasteiger charge is 2.34. The van der Waals surface area contributed by atoms with Crippen molar-refractivity contribution in [2.45, 2.75) is 13.5 Å². The van der Waals surface area contributed by atoms with E-state index in [9.17, 15) is 9.59 Å². The molecule has 0 bridgehead atoms. The lowest BCUT2D eigenvalue weighted by atomic mass is 10.1. The summed E-state index contributed by atoms with van der Waals surface area (Å²) in [7, 11) is 0. The second-order valence-corrected chi connectivity index (χ2v) is 6.82. The molecule has 0 aliphatic carbocycles. The summed E-state index contributed by atoms with van der Waals surface area (Å²) >= 11 is 0. The summed E-state index contributed by atoms with van der Waals surface area (Å²) in [5.41, 5.74) is 6.37. The van der Waals surface area contributed by atoms with Gasteiger partial charge in [-0.2, -0.15) is 0 Å². The van der Waals surface area contributed by atoms with Gasteiger partial charge in [0.2, 0.25) is 0 Å². The molecule has 0 unspecified atom stereocenters. The van der Waals surface area contributed by atoms with E-state index in [-0.39, 0.29) is 11.5 Å². The zero-order valence-electron chi connectivity index (χ0n) is 16.0. The molecular formula is C24H20N2O3. The molecule has 0 radical (unpaired) electrons. The third kappa shape index (κ3) is 4.19. The lowest BCUT2D eigenvalue weighted by molar-refractivity contribution is -0.117. The summed E-state index contributed by atoms with van der Waals surface area (Å²) in [5, 5.41) is 1.26. The van der Waals surface area contributed by atoms with Crippen LogP contribution in [-0.4, -0.2) is 11.8 Å². The highest BCUT2D eigenvalue weighted by atomic mass is 16.5. The average molecular weight is 384 g/mol. The Morgan fingerprint density at radius 1 is 0.897 bits per heavy atom. The molecule has 1 heterocycles. The summed E-state index contributed by atoms with van der Waals surface area (Å²) in [5.74, 6) is -0.0692. The van der Waals surface area contributed by atoms with E-state index >= 15 is 0 Å². The fourth-order valence-electron chi connectivity index (χ4n) is 2.99. The van der Waals surface area contributed by atoms with Crippen LogP contribution in [0.1, 0.15) is 16.7 Å². The van der Waals surface area contributed by atoms with Crippen LogP contribution in [0, 0.1) is 6.92 Å². The predicted octanol–water partition coefficient (Wildman–Crippen LogP) is 4.04. The van der Waals surface area contributed by atoms with Crippen molar-refractivity contribution in [1.29, 1.82) is 0 Å². The molecule has 0 saturated carbocycles. The van der Waals surface area contributed by atoms with Gasteiger partial charge in [-0.15, -0.1) is 0 Å². The van der Waals surface area contributed by atoms with E-state index in [1.165, 1.54) is 10.6 Å². The molecule has 4 rings (SSSR count). The van der Waals surface area contributed by atoms with Crippen LogP contribution >= 0.6 is 0 Å². The zero-order valence-corrected chi connectivity index (χ0v) is 16.0. The minimum atomic E-state index is -0.418. The van der Waals surface area contributed by atoms with E-state index in [4.69, 9.17) is 4.74 Å². The van der Waals surface area contributed by atoms with E-state index in [2.05, 4.69) is 17.6 Å². The van der Waals surface area contributed by atoms with Crippen LogP contribution in [0.5, 0.6) is 5.75 Å². The first-order chi connectivity index (χ1) is 14.1. The van der Waals surface area contributed by atoms with Crippen molar-refractivity contribution in [1.82, 2.24) is 5.43 Å². The van der Waals surface area contributed by atoms with Crippen LogP contribution in [0.2, 0.25) is 0 Å². The van der Waals surface area contributed by atoms with Gasteiger partial charge in [0.05, 0.1) is 5.69 Å². The van der Waals surface area contributed by atoms with Gasteiger partial charge in [0, 0.05) is 0 Å². The van der Waals surface area contributed by atoms with Gasteiger partial charge in [0.1, 0.15) is 17.9 Å². The number of para-hydroxylation sites is 1. The molecule has 0 aromatic heterocycles. The van der Waals surface area contributed by atoms with Crippen molar-refractivity contribution in [3.8, 4) is 5.75 Å². The maximum Gasteiger partial charge on any atom is 0.282 e. The predicted molar refractivity (Wildman–Crippen MR) is 112 cm³/mol. The Bertz CT molecular complexity index is 1060. The van der Waals surface area contributed by atoms with Crippen molar-refractivity contribution in [3.63, 3.8) is 0 Å². The minimum Gasteiger partial charge on any atom is -0.489 e. The van der Waals surface area contributed by atoms with Crippen molar-refractivity contribution in [2.24, 2.45) is 0 Å². The number of amides is 2. The smallest absolute Gasteiger partial charge is 0.282 e. The topological polar surface area (TPSA) is 58.6 Å². The number of nitrogens with zero attached hydrogens (tertiary/aromatic N) is 1. The van der Waals surface area contributed by atoms with Gasteiger partial charge in [-0.3, -0.25) is 15.0 Å². The first-order valence-electron chi connectivity index (χ1n) is 9.31. The number of aryl methyl sites for hydroxylation is 1. The van der Waals surface area contributed by atoms with Gasteiger partial charge in [0.15, 0.2) is 0 Å². The number of rotatable bonds is 5. The molecule has 2 amide bonds. The van der Waals surface area contributed by atoms with Crippen molar-refractivity contribution in [2.75, 3.05) is 5.01 Å². The SMILES string of the molecule is Cc1ccc(COc2ccc(/C=C3\C(=O)NN(c4ccccc4)C3=O)cc2)cc1. The highest BCUT2D eigenvalue weighted by Crippen LogP contribution is 2.22. The molecule has 1 fully saturated rings. The fourth-order valence-corrected chi connectivity index (χ4v) is 2.99. The summed E-state index contributed by atoms with van der Waals surface area (Å²) in [6.45, 7) is 2.53. The first kappa shape index (κ1) is 18.5. The Kier molecular flexibility index (Phi) is 5.12. The number of hydrogen-bond donors (Lipinski definition) is 1. The summed E-state index contributed by atoms with van der Waals surface area (Å²) in [6.07, 6.45) is 1.59. The molecular weight excluding hydrogens is 364 g/mol.